The number of piperazine rings is 1. The number of rotatable bonds is 5. The number of nitrogens with zero attached hydrogens (tertiary/aromatic N) is 3. The number of benzene rings is 1. The van der Waals surface area contributed by atoms with Gasteiger partial charge in [0.25, 0.3) is 0 Å². The fraction of sp³-hybridized carbons (Fsp3) is 0.526. The van der Waals surface area contributed by atoms with E-state index in [4.69, 9.17) is 4.52 Å². The van der Waals surface area contributed by atoms with Crippen LogP contribution < -0.4 is 0 Å². The van der Waals surface area contributed by atoms with Crippen LogP contribution >= 0.6 is 0 Å². The van der Waals surface area contributed by atoms with Gasteiger partial charge in [-0.1, -0.05) is 37.2 Å². The lowest BCUT2D eigenvalue weighted by Gasteiger charge is -2.34. The van der Waals surface area contributed by atoms with E-state index in [9.17, 15) is 13.2 Å². The van der Waals surface area contributed by atoms with Crippen molar-refractivity contribution in [2.24, 2.45) is 0 Å². The number of hydrogen-bond acceptors (Lipinski definition) is 4. The minimum atomic E-state index is -4.29. The molecule has 1 aliphatic rings. The van der Waals surface area contributed by atoms with Crippen LogP contribution in [0.3, 0.4) is 0 Å². The Morgan fingerprint density at radius 1 is 1.04 bits per heavy atom. The second-order valence-corrected chi connectivity index (χ2v) is 7.12. The molecule has 0 radical (unpaired) electrons. The van der Waals surface area contributed by atoms with E-state index >= 15 is 0 Å². The van der Waals surface area contributed by atoms with Gasteiger partial charge in [-0.2, -0.15) is 13.2 Å². The van der Waals surface area contributed by atoms with E-state index < -0.39 is 11.7 Å². The Balaban J connectivity index is 1.51. The first-order valence-corrected chi connectivity index (χ1v) is 8.87. The van der Waals surface area contributed by atoms with Gasteiger partial charge in [0.1, 0.15) is 0 Å². The molecule has 0 atom stereocenters. The molecule has 2 heterocycles. The van der Waals surface area contributed by atoms with Crippen LogP contribution in [0.25, 0.3) is 0 Å². The molecule has 26 heavy (non-hydrogen) atoms. The summed E-state index contributed by atoms with van der Waals surface area (Å²) in [6, 6.07) is 7.59. The van der Waals surface area contributed by atoms with Crippen molar-refractivity contribution in [3.8, 4) is 0 Å². The first-order chi connectivity index (χ1) is 12.3. The molecule has 0 N–H and O–H groups in total. The van der Waals surface area contributed by atoms with Crippen LogP contribution in [-0.2, 0) is 19.3 Å². The van der Waals surface area contributed by atoms with E-state index in [0.29, 0.717) is 18.0 Å². The molecule has 0 aliphatic carbocycles. The summed E-state index contributed by atoms with van der Waals surface area (Å²) < 4.78 is 43.9. The normalized spacial score (nSPS) is 17.2. The van der Waals surface area contributed by atoms with Crippen LogP contribution in [0.15, 0.2) is 34.9 Å². The monoisotopic (exact) mass is 367 g/mol. The number of alkyl halides is 3. The fourth-order valence-corrected chi connectivity index (χ4v) is 3.11. The molecule has 1 aliphatic heterocycles. The lowest BCUT2D eigenvalue weighted by molar-refractivity contribution is -0.137. The minimum Gasteiger partial charge on any atom is -0.360 e. The van der Waals surface area contributed by atoms with Crippen molar-refractivity contribution in [2.75, 3.05) is 26.2 Å². The van der Waals surface area contributed by atoms with Crippen LogP contribution in [0.4, 0.5) is 13.2 Å². The third-order valence-corrected chi connectivity index (χ3v) is 4.67. The zero-order chi connectivity index (χ0) is 18.7. The Kier molecular flexibility index (Phi) is 5.67. The van der Waals surface area contributed by atoms with Gasteiger partial charge in [0, 0.05) is 38.8 Å². The van der Waals surface area contributed by atoms with Gasteiger partial charge in [0.15, 0.2) is 5.76 Å². The molecule has 0 saturated carbocycles. The van der Waals surface area contributed by atoms with Crippen molar-refractivity contribution < 1.29 is 17.7 Å². The van der Waals surface area contributed by atoms with Gasteiger partial charge >= 0.3 is 6.18 Å². The van der Waals surface area contributed by atoms with Crippen molar-refractivity contribution in [1.29, 1.82) is 0 Å². The molecule has 7 heteroatoms. The number of aromatic nitrogens is 1. The summed E-state index contributed by atoms with van der Waals surface area (Å²) in [5, 5.41) is 4.08. The highest BCUT2D eigenvalue weighted by molar-refractivity contribution is 5.25. The van der Waals surface area contributed by atoms with Gasteiger partial charge in [-0.15, -0.1) is 0 Å². The Hall–Kier alpha value is -1.86. The summed E-state index contributed by atoms with van der Waals surface area (Å²) in [7, 11) is 0. The first kappa shape index (κ1) is 18.9. The summed E-state index contributed by atoms with van der Waals surface area (Å²) in [6.45, 7) is 8.77. The maximum atomic E-state index is 12.8. The average molecular weight is 367 g/mol. The second-order valence-electron chi connectivity index (χ2n) is 7.12. The van der Waals surface area contributed by atoms with E-state index in [0.717, 1.165) is 50.2 Å². The summed E-state index contributed by atoms with van der Waals surface area (Å²) >= 11 is 0. The van der Waals surface area contributed by atoms with Crippen molar-refractivity contribution >= 4 is 0 Å². The summed E-state index contributed by atoms with van der Waals surface area (Å²) in [4.78, 5) is 4.47. The van der Waals surface area contributed by atoms with Crippen LogP contribution in [0, 0.1) is 0 Å². The molecule has 1 aromatic carbocycles. The van der Waals surface area contributed by atoms with Gasteiger partial charge < -0.3 is 4.52 Å². The smallest absolute Gasteiger partial charge is 0.360 e. The van der Waals surface area contributed by atoms with Crippen molar-refractivity contribution in [2.45, 2.75) is 39.0 Å². The Morgan fingerprint density at radius 2 is 1.69 bits per heavy atom. The highest BCUT2D eigenvalue weighted by atomic mass is 19.4. The molecule has 142 valence electrons. The highest BCUT2D eigenvalue weighted by Gasteiger charge is 2.30. The average Bonchev–Trinajstić information content (AvgIpc) is 3.05. The fourth-order valence-electron chi connectivity index (χ4n) is 3.11. The van der Waals surface area contributed by atoms with Gasteiger partial charge in [-0.05, 0) is 17.5 Å². The maximum absolute atomic E-state index is 12.8. The molecule has 0 unspecified atom stereocenters. The zero-order valence-corrected chi connectivity index (χ0v) is 15.1. The lowest BCUT2D eigenvalue weighted by atomic mass is 10.1. The predicted octanol–water partition coefficient (Wildman–Crippen LogP) is 4.13. The van der Waals surface area contributed by atoms with Gasteiger partial charge in [0.2, 0.25) is 0 Å². The van der Waals surface area contributed by atoms with E-state index in [-0.39, 0.29) is 0 Å². The molecule has 0 amide bonds. The number of halogens is 3. The van der Waals surface area contributed by atoms with E-state index in [1.807, 2.05) is 6.07 Å². The maximum Gasteiger partial charge on any atom is 0.416 e. The number of hydrogen-bond donors (Lipinski definition) is 0. The third kappa shape index (κ3) is 4.86. The van der Waals surface area contributed by atoms with Crippen molar-refractivity contribution in [1.82, 2.24) is 15.0 Å². The predicted molar refractivity (Wildman–Crippen MR) is 92.6 cm³/mol. The van der Waals surface area contributed by atoms with Gasteiger partial charge in [0.05, 0.1) is 17.8 Å². The molecule has 3 rings (SSSR count). The Labute approximate surface area is 151 Å². The quantitative estimate of drug-likeness (QED) is 0.795. The minimum absolute atomic E-state index is 0.344. The Morgan fingerprint density at radius 3 is 2.27 bits per heavy atom. The summed E-state index contributed by atoms with van der Waals surface area (Å²) in [5.74, 6) is 1.21. The largest absolute Gasteiger partial charge is 0.416 e. The SMILES string of the molecule is CC(C)c1cc(CN2CCN(Cc3cccc(C(F)(F)F)c3)CC2)on1. The first-order valence-electron chi connectivity index (χ1n) is 8.87. The van der Waals surface area contributed by atoms with E-state index in [2.05, 4.69) is 28.8 Å². The molecular weight excluding hydrogens is 343 g/mol. The molecule has 2 aromatic rings. The van der Waals surface area contributed by atoms with Crippen LogP contribution in [0.2, 0.25) is 0 Å². The highest BCUT2D eigenvalue weighted by Crippen LogP contribution is 2.29. The summed E-state index contributed by atoms with van der Waals surface area (Å²) in [6.07, 6.45) is -4.29. The van der Waals surface area contributed by atoms with Crippen LogP contribution in [-0.4, -0.2) is 41.1 Å². The second kappa shape index (κ2) is 7.80. The molecule has 1 aromatic heterocycles. The molecule has 0 bridgehead atoms. The van der Waals surface area contributed by atoms with E-state index in [1.54, 1.807) is 6.07 Å². The Bertz CT molecular complexity index is 719. The molecule has 1 saturated heterocycles. The molecular formula is C19H24F3N3O. The lowest BCUT2D eigenvalue weighted by Crippen LogP contribution is -2.45. The molecule has 1 fully saturated rings. The van der Waals surface area contributed by atoms with E-state index in [1.165, 1.54) is 12.1 Å². The van der Waals surface area contributed by atoms with Gasteiger partial charge in [-0.3, -0.25) is 9.80 Å². The standard InChI is InChI=1S/C19H24F3N3O/c1-14(2)18-11-17(26-23-18)13-25-8-6-24(7-9-25)12-15-4-3-5-16(10-15)19(20,21)22/h3-5,10-11,14H,6-9,12-13H2,1-2H3. The van der Waals surface area contributed by atoms with Crippen LogP contribution in [0.1, 0.15) is 42.3 Å². The molecule has 0 spiro atoms. The zero-order valence-electron chi connectivity index (χ0n) is 15.1. The van der Waals surface area contributed by atoms with Crippen molar-refractivity contribution in [3.63, 3.8) is 0 Å². The van der Waals surface area contributed by atoms with Crippen molar-refractivity contribution in [3.05, 3.63) is 52.9 Å². The van der Waals surface area contributed by atoms with Crippen LogP contribution in [0.5, 0.6) is 0 Å². The summed E-state index contributed by atoms with van der Waals surface area (Å²) in [5.41, 5.74) is 1.08. The third-order valence-electron chi connectivity index (χ3n) is 4.67. The molecule has 4 nitrogen and oxygen atoms in total. The topological polar surface area (TPSA) is 32.5 Å². The van der Waals surface area contributed by atoms with Gasteiger partial charge in [-0.25, -0.2) is 0 Å².